The highest BCUT2D eigenvalue weighted by Gasteiger charge is 2.17. The van der Waals surface area contributed by atoms with E-state index >= 15 is 0 Å². The molecule has 0 unspecified atom stereocenters. The van der Waals surface area contributed by atoms with E-state index in [1.165, 1.54) is 16.7 Å². The third-order valence-corrected chi connectivity index (χ3v) is 5.57. The third-order valence-electron chi connectivity index (χ3n) is 4.17. The van der Waals surface area contributed by atoms with E-state index in [1.54, 1.807) is 54.7 Å². The van der Waals surface area contributed by atoms with E-state index in [1.807, 2.05) is 0 Å². The first-order valence-electron chi connectivity index (χ1n) is 8.84. The van der Waals surface area contributed by atoms with E-state index in [9.17, 15) is 14.0 Å². The van der Waals surface area contributed by atoms with Crippen LogP contribution in [0.2, 0.25) is 0 Å². The predicted molar refractivity (Wildman–Crippen MR) is 119 cm³/mol. The Kier molecular flexibility index (Phi) is 5.91. The molecule has 2 aromatic heterocycles. The number of thioether (sulfide) groups is 1. The van der Waals surface area contributed by atoms with Crippen LogP contribution in [0.15, 0.2) is 81.3 Å². The highest BCUT2D eigenvalue weighted by Crippen LogP contribution is 2.23. The molecule has 1 N–H and O–H groups in total. The zero-order chi connectivity index (χ0) is 21.1. The van der Waals surface area contributed by atoms with Crippen molar-refractivity contribution in [3.63, 3.8) is 0 Å². The van der Waals surface area contributed by atoms with Crippen LogP contribution >= 0.6 is 27.7 Å². The van der Waals surface area contributed by atoms with Crippen molar-refractivity contribution in [1.82, 2.24) is 14.5 Å². The summed E-state index contributed by atoms with van der Waals surface area (Å²) in [6.45, 7) is 0. The first kappa shape index (κ1) is 20.2. The molecule has 0 spiro atoms. The van der Waals surface area contributed by atoms with Crippen molar-refractivity contribution < 1.29 is 9.18 Å². The standard InChI is InChI=1S/C21H14BrFN4O2S/c22-13-9-10-18(24-11-13)26-19(28)12-30-21-25-16-7-3-1-5-14(16)20(29)27(21)17-8-4-2-6-15(17)23/h1-11H,12H2,(H,24,26,28). The highest BCUT2D eigenvalue weighted by atomic mass is 79.9. The van der Waals surface area contributed by atoms with Crippen molar-refractivity contribution in [2.75, 3.05) is 11.1 Å². The minimum Gasteiger partial charge on any atom is -0.310 e. The Morgan fingerprint density at radius 3 is 2.63 bits per heavy atom. The van der Waals surface area contributed by atoms with Crippen LogP contribution in [0.3, 0.4) is 0 Å². The summed E-state index contributed by atoms with van der Waals surface area (Å²) in [5.41, 5.74) is 0.161. The maximum absolute atomic E-state index is 14.5. The summed E-state index contributed by atoms with van der Waals surface area (Å²) in [6.07, 6.45) is 1.57. The number of nitrogens with zero attached hydrogens (tertiary/aromatic N) is 3. The van der Waals surface area contributed by atoms with Gasteiger partial charge in [-0.3, -0.25) is 14.2 Å². The van der Waals surface area contributed by atoms with Gasteiger partial charge in [0.1, 0.15) is 11.6 Å². The van der Waals surface area contributed by atoms with Crippen molar-refractivity contribution in [3.05, 3.63) is 87.5 Å². The van der Waals surface area contributed by atoms with Gasteiger partial charge in [0.15, 0.2) is 5.16 Å². The molecule has 30 heavy (non-hydrogen) atoms. The van der Waals surface area contributed by atoms with Crippen LogP contribution in [-0.4, -0.2) is 26.2 Å². The van der Waals surface area contributed by atoms with Gasteiger partial charge in [-0.2, -0.15) is 0 Å². The molecule has 2 aromatic carbocycles. The zero-order valence-corrected chi connectivity index (χ0v) is 17.8. The minimum absolute atomic E-state index is 0.0308. The lowest BCUT2D eigenvalue weighted by molar-refractivity contribution is -0.113. The van der Waals surface area contributed by atoms with Crippen LogP contribution in [0.1, 0.15) is 0 Å². The number of halogens is 2. The SMILES string of the molecule is O=C(CSc1nc2ccccc2c(=O)n1-c1ccccc1F)Nc1ccc(Br)cn1. The van der Waals surface area contributed by atoms with Crippen LogP contribution in [0.5, 0.6) is 0 Å². The Bertz CT molecular complexity index is 1290. The Morgan fingerprint density at radius 2 is 1.87 bits per heavy atom. The van der Waals surface area contributed by atoms with E-state index in [0.29, 0.717) is 16.7 Å². The predicted octanol–water partition coefficient (Wildman–Crippen LogP) is 4.41. The third kappa shape index (κ3) is 4.27. The molecular formula is C21H14BrFN4O2S. The lowest BCUT2D eigenvalue weighted by Gasteiger charge is -2.13. The molecule has 6 nitrogen and oxygen atoms in total. The molecule has 0 atom stereocenters. The lowest BCUT2D eigenvalue weighted by atomic mass is 10.2. The monoisotopic (exact) mass is 484 g/mol. The Balaban J connectivity index is 1.68. The first-order valence-corrected chi connectivity index (χ1v) is 10.6. The molecule has 0 fully saturated rings. The summed E-state index contributed by atoms with van der Waals surface area (Å²) in [6, 6.07) is 16.2. The maximum atomic E-state index is 14.5. The number of benzene rings is 2. The molecule has 4 rings (SSSR count). The molecule has 2 heterocycles. The highest BCUT2D eigenvalue weighted by molar-refractivity contribution is 9.10. The number of carbonyl (C=O) groups excluding carboxylic acids is 1. The lowest BCUT2D eigenvalue weighted by Crippen LogP contribution is -2.23. The van der Waals surface area contributed by atoms with Gasteiger partial charge in [-0.1, -0.05) is 36.0 Å². The Labute approximate surface area is 183 Å². The molecule has 0 bridgehead atoms. The van der Waals surface area contributed by atoms with E-state index in [4.69, 9.17) is 0 Å². The number of pyridine rings is 1. The van der Waals surface area contributed by atoms with Crippen LogP contribution in [0, 0.1) is 5.82 Å². The van der Waals surface area contributed by atoms with Gasteiger partial charge in [-0.15, -0.1) is 0 Å². The summed E-state index contributed by atoms with van der Waals surface area (Å²) in [5, 5.41) is 3.27. The molecule has 150 valence electrons. The summed E-state index contributed by atoms with van der Waals surface area (Å²) in [5.74, 6) is -0.502. The summed E-state index contributed by atoms with van der Waals surface area (Å²) in [7, 11) is 0. The fourth-order valence-corrected chi connectivity index (χ4v) is 3.85. The number of carbonyl (C=O) groups is 1. The molecular weight excluding hydrogens is 471 g/mol. The molecule has 0 radical (unpaired) electrons. The van der Waals surface area contributed by atoms with Crippen LogP contribution < -0.4 is 10.9 Å². The number of para-hydroxylation sites is 2. The topological polar surface area (TPSA) is 76.9 Å². The number of amides is 1. The van der Waals surface area contributed by atoms with Gasteiger partial charge in [0.05, 0.1) is 22.3 Å². The molecule has 9 heteroatoms. The van der Waals surface area contributed by atoms with Crippen molar-refractivity contribution in [2.45, 2.75) is 5.16 Å². The number of nitrogens with one attached hydrogen (secondary N) is 1. The zero-order valence-electron chi connectivity index (χ0n) is 15.4. The van der Waals surface area contributed by atoms with Crippen LogP contribution in [0.4, 0.5) is 10.2 Å². The number of hydrogen-bond acceptors (Lipinski definition) is 5. The van der Waals surface area contributed by atoms with Crippen LogP contribution in [-0.2, 0) is 4.79 Å². The molecule has 0 saturated heterocycles. The molecule has 1 amide bonds. The normalized spacial score (nSPS) is 10.9. The average Bonchev–Trinajstić information content (AvgIpc) is 2.75. The summed E-state index contributed by atoms with van der Waals surface area (Å²) >= 11 is 4.33. The quantitative estimate of drug-likeness (QED) is 0.335. The van der Waals surface area contributed by atoms with E-state index in [0.717, 1.165) is 16.2 Å². The maximum Gasteiger partial charge on any atom is 0.266 e. The van der Waals surface area contributed by atoms with Gasteiger partial charge in [0.25, 0.3) is 5.56 Å². The van der Waals surface area contributed by atoms with E-state index in [2.05, 4.69) is 31.2 Å². The van der Waals surface area contributed by atoms with Crippen molar-refractivity contribution in [1.29, 1.82) is 0 Å². The number of fused-ring (bicyclic) bond motifs is 1. The molecule has 0 saturated carbocycles. The second-order valence-corrected chi connectivity index (χ2v) is 8.06. The number of hydrogen-bond donors (Lipinski definition) is 1. The van der Waals surface area contributed by atoms with E-state index in [-0.39, 0.29) is 22.5 Å². The number of anilines is 1. The van der Waals surface area contributed by atoms with Gasteiger partial charge in [-0.05, 0) is 52.3 Å². The fourth-order valence-electron chi connectivity index (χ4n) is 2.81. The minimum atomic E-state index is -0.554. The molecule has 0 aliphatic rings. The van der Waals surface area contributed by atoms with Gasteiger partial charge >= 0.3 is 0 Å². The number of aromatic nitrogens is 3. The van der Waals surface area contributed by atoms with Gasteiger partial charge in [0.2, 0.25) is 5.91 Å². The van der Waals surface area contributed by atoms with E-state index < -0.39 is 11.4 Å². The largest absolute Gasteiger partial charge is 0.310 e. The summed E-state index contributed by atoms with van der Waals surface area (Å²) < 4.78 is 16.5. The van der Waals surface area contributed by atoms with Crippen molar-refractivity contribution in [2.24, 2.45) is 0 Å². The van der Waals surface area contributed by atoms with Gasteiger partial charge in [0, 0.05) is 10.7 Å². The van der Waals surface area contributed by atoms with Gasteiger partial charge in [-0.25, -0.2) is 14.4 Å². The second kappa shape index (κ2) is 8.76. The Hall–Kier alpha value is -3.04. The molecule has 0 aliphatic carbocycles. The average molecular weight is 485 g/mol. The van der Waals surface area contributed by atoms with Crippen LogP contribution in [0.25, 0.3) is 16.6 Å². The molecule has 0 aliphatic heterocycles. The second-order valence-electron chi connectivity index (χ2n) is 6.20. The first-order chi connectivity index (χ1) is 14.5. The molecule has 4 aromatic rings. The smallest absolute Gasteiger partial charge is 0.266 e. The summed E-state index contributed by atoms with van der Waals surface area (Å²) in [4.78, 5) is 34.1. The fraction of sp³-hybridized carbons (Fsp3) is 0.0476. The van der Waals surface area contributed by atoms with Gasteiger partial charge < -0.3 is 5.32 Å². The van der Waals surface area contributed by atoms with Crippen molar-refractivity contribution in [3.8, 4) is 5.69 Å². The Morgan fingerprint density at radius 1 is 1.10 bits per heavy atom. The number of rotatable bonds is 5. The van der Waals surface area contributed by atoms with Crippen molar-refractivity contribution >= 4 is 50.3 Å².